The first-order valence-corrected chi connectivity index (χ1v) is 13.9. The summed E-state index contributed by atoms with van der Waals surface area (Å²) in [6.45, 7) is 0.585. The zero-order valence-corrected chi connectivity index (χ0v) is 21.4. The second-order valence-corrected chi connectivity index (χ2v) is 11.3. The van der Waals surface area contributed by atoms with Crippen LogP contribution in [0.1, 0.15) is 11.1 Å². The molecule has 0 saturated heterocycles. The van der Waals surface area contributed by atoms with Gasteiger partial charge < -0.3 is 5.32 Å². The van der Waals surface area contributed by atoms with Gasteiger partial charge in [0.15, 0.2) is 5.16 Å². The molecule has 5 rings (SSSR count). The predicted octanol–water partition coefficient (Wildman–Crippen LogP) is 4.91. The number of rotatable bonds is 7. The van der Waals surface area contributed by atoms with Crippen LogP contribution >= 0.6 is 23.4 Å². The molecule has 1 aromatic heterocycles. The van der Waals surface area contributed by atoms with Crippen LogP contribution in [0.4, 0.5) is 5.69 Å². The van der Waals surface area contributed by atoms with Crippen molar-refractivity contribution in [2.45, 2.75) is 23.1 Å². The summed E-state index contributed by atoms with van der Waals surface area (Å²) in [4.78, 5) is 21.1. The summed E-state index contributed by atoms with van der Waals surface area (Å²) >= 11 is 7.42. The van der Waals surface area contributed by atoms with Gasteiger partial charge in [-0.05, 0) is 29.3 Å². The first-order chi connectivity index (χ1) is 17.4. The van der Waals surface area contributed by atoms with Crippen LogP contribution in [0.5, 0.6) is 0 Å². The van der Waals surface area contributed by atoms with Crippen molar-refractivity contribution < 1.29 is 13.2 Å². The van der Waals surface area contributed by atoms with E-state index in [1.807, 2.05) is 60.7 Å². The molecule has 0 spiro atoms. The van der Waals surface area contributed by atoms with Crippen LogP contribution in [0, 0.1) is 0 Å². The van der Waals surface area contributed by atoms with Gasteiger partial charge in [-0.25, -0.2) is 18.4 Å². The number of aromatic nitrogens is 2. The average Bonchev–Trinajstić information content (AvgIpc) is 2.90. The minimum absolute atomic E-state index is 0.00563. The maximum atomic E-state index is 13.6. The lowest BCUT2D eigenvalue weighted by molar-refractivity contribution is -0.118. The lowest BCUT2D eigenvalue weighted by Gasteiger charge is -2.31. The number of benzene rings is 3. The Morgan fingerprint density at radius 3 is 2.39 bits per heavy atom. The van der Waals surface area contributed by atoms with Gasteiger partial charge in [0, 0.05) is 17.1 Å². The van der Waals surface area contributed by atoms with Crippen molar-refractivity contribution in [3.05, 3.63) is 101 Å². The predicted molar refractivity (Wildman–Crippen MR) is 141 cm³/mol. The fourth-order valence-electron chi connectivity index (χ4n) is 3.87. The Kier molecular flexibility index (Phi) is 6.95. The molecule has 10 heteroatoms. The smallest absolute Gasteiger partial charge is 0.268 e. The average molecular weight is 537 g/mol. The van der Waals surface area contributed by atoms with E-state index in [0.29, 0.717) is 28.0 Å². The molecule has 0 bridgehead atoms. The number of hydrogen-bond acceptors (Lipinski definition) is 6. The van der Waals surface area contributed by atoms with Crippen LogP contribution in [-0.4, -0.2) is 30.0 Å². The first-order valence-electron chi connectivity index (χ1n) is 11.1. The van der Waals surface area contributed by atoms with Gasteiger partial charge in [0.2, 0.25) is 5.91 Å². The van der Waals surface area contributed by atoms with Gasteiger partial charge in [-0.2, -0.15) is 0 Å². The molecule has 3 aromatic carbocycles. The van der Waals surface area contributed by atoms with Crippen LogP contribution in [0.2, 0.25) is 5.02 Å². The largest absolute Gasteiger partial charge is 0.351 e. The summed E-state index contributed by atoms with van der Waals surface area (Å²) in [6.07, 6.45) is 1.31. The van der Waals surface area contributed by atoms with Gasteiger partial charge in [-0.15, -0.1) is 0 Å². The highest BCUT2D eigenvalue weighted by Gasteiger charge is 2.37. The molecule has 36 heavy (non-hydrogen) atoms. The maximum absolute atomic E-state index is 13.6. The topological polar surface area (TPSA) is 92.3 Å². The van der Waals surface area contributed by atoms with Gasteiger partial charge in [-0.1, -0.05) is 84.0 Å². The highest BCUT2D eigenvalue weighted by atomic mass is 35.5. The molecule has 0 unspecified atom stereocenters. The normalized spacial score (nSPS) is 13.5. The second kappa shape index (κ2) is 10.3. The minimum atomic E-state index is -3.92. The molecule has 0 radical (unpaired) electrons. The molecule has 1 aliphatic heterocycles. The van der Waals surface area contributed by atoms with Crippen LogP contribution < -0.4 is 9.62 Å². The number of anilines is 1. The lowest BCUT2D eigenvalue weighted by Crippen LogP contribution is -2.34. The Labute approximate surface area is 218 Å². The third kappa shape index (κ3) is 5.09. The first kappa shape index (κ1) is 24.3. The standard InChI is InChI=1S/C26H21ClN4O3S2/c27-20-11-12-22-21(13-20)25-23(36(33,34)31(22)16-19-9-5-2-6-10-19)15-29-26(30-25)35-17-24(32)28-14-18-7-3-1-4-8-18/h1-13,15H,14,16-17H2,(H,28,32). The van der Waals surface area contributed by atoms with E-state index in [-0.39, 0.29) is 28.8 Å². The number of sulfonamides is 1. The summed E-state index contributed by atoms with van der Waals surface area (Å²) in [6, 6.07) is 24.0. The summed E-state index contributed by atoms with van der Waals surface area (Å²) < 4.78 is 28.5. The van der Waals surface area contributed by atoms with E-state index < -0.39 is 10.0 Å². The number of nitrogens with zero attached hydrogens (tertiary/aromatic N) is 3. The molecule has 4 aromatic rings. The van der Waals surface area contributed by atoms with Crippen molar-refractivity contribution in [2.24, 2.45) is 0 Å². The van der Waals surface area contributed by atoms with E-state index in [9.17, 15) is 13.2 Å². The Morgan fingerprint density at radius 2 is 1.67 bits per heavy atom. The zero-order valence-electron chi connectivity index (χ0n) is 19.0. The molecule has 0 saturated carbocycles. The van der Waals surface area contributed by atoms with Crippen molar-refractivity contribution in [3.8, 4) is 11.3 Å². The van der Waals surface area contributed by atoms with Crippen molar-refractivity contribution in [2.75, 3.05) is 10.1 Å². The molecule has 7 nitrogen and oxygen atoms in total. The zero-order chi connectivity index (χ0) is 25.1. The summed E-state index contributed by atoms with van der Waals surface area (Å²) in [5.41, 5.74) is 3.21. The fraction of sp³-hybridized carbons (Fsp3) is 0.115. The summed E-state index contributed by atoms with van der Waals surface area (Å²) in [5.74, 6) is -0.0729. The van der Waals surface area contributed by atoms with E-state index in [1.54, 1.807) is 18.2 Å². The number of fused-ring (bicyclic) bond motifs is 3. The quantitative estimate of drug-likeness (QED) is 0.266. The number of amides is 1. The minimum Gasteiger partial charge on any atom is -0.351 e. The van der Waals surface area contributed by atoms with E-state index >= 15 is 0 Å². The van der Waals surface area contributed by atoms with Crippen molar-refractivity contribution >= 4 is 45.0 Å². The third-order valence-electron chi connectivity index (χ3n) is 5.62. The molecule has 2 heterocycles. The van der Waals surface area contributed by atoms with Crippen molar-refractivity contribution in [3.63, 3.8) is 0 Å². The highest BCUT2D eigenvalue weighted by Crippen LogP contribution is 2.44. The molecule has 0 aliphatic carbocycles. The number of halogens is 1. The van der Waals surface area contributed by atoms with Crippen LogP contribution in [0.25, 0.3) is 11.3 Å². The Bertz CT molecular complexity index is 1520. The number of carbonyl (C=O) groups is 1. The van der Waals surface area contributed by atoms with Crippen molar-refractivity contribution in [1.82, 2.24) is 15.3 Å². The molecule has 1 N–H and O–H groups in total. The van der Waals surface area contributed by atoms with E-state index in [1.165, 1.54) is 10.5 Å². The van der Waals surface area contributed by atoms with Crippen LogP contribution in [0.3, 0.4) is 0 Å². The molecule has 0 atom stereocenters. The highest BCUT2D eigenvalue weighted by molar-refractivity contribution is 7.99. The van der Waals surface area contributed by atoms with Gasteiger partial charge >= 0.3 is 0 Å². The number of hydrogen-bond donors (Lipinski definition) is 1. The fourth-order valence-corrected chi connectivity index (χ4v) is 6.24. The van der Waals surface area contributed by atoms with E-state index in [0.717, 1.165) is 22.9 Å². The van der Waals surface area contributed by atoms with Crippen molar-refractivity contribution in [1.29, 1.82) is 0 Å². The number of nitrogens with one attached hydrogen (secondary N) is 1. The molecular weight excluding hydrogens is 516 g/mol. The summed E-state index contributed by atoms with van der Waals surface area (Å²) in [5, 5.41) is 3.63. The third-order valence-corrected chi connectivity index (χ3v) is 8.47. The van der Waals surface area contributed by atoms with Gasteiger partial charge in [0.05, 0.1) is 29.9 Å². The SMILES string of the molecule is O=C(CSc1ncc2c(n1)-c1cc(Cl)ccc1N(Cc1ccccc1)S2(=O)=O)NCc1ccccc1. The van der Waals surface area contributed by atoms with Gasteiger partial charge in [-0.3, -0.25) is 9.10 Å². The molecule has 1 amide bonds. The Morgan fingerprint density at radius 1 is 0.972 bits per heavy atom. The molecule has 0 fully saturated rings. The monoisotopic (exact) mass is 536 g/mol. The Balaban J connectivity index is 1.40. The summed E-state index contributed by atoms with van der Waals surface area (Å²) in [7, 11) is -3.92. The molecule has 1 aliphatic rings. The van der Waals surface area contributed by atoms with Crippen LogP contribution in [-0.2, 0) is 27.9 Å². The van der Waals surface area contributed by atoms with Crippen LogP contribution in [0.15, 0.2) is 95.1 Å². The van der Waals surface area contributed by atoms with Gasteiger partial charge in [0.1, 0.15) is 4.90 Å². The number of carbonyl (C=O) groups excluding carboxylic acids is 1. The number of thioether (sulfide) groups is 1. The van der Waals surface area contributed by atoms with E-state index in [4.69, 9.17) is 11.6 Å². The molecular formula is C26H21ClN4O3S2. The second-order valence-electron chi connectivity index (χ2n) is 8.08. The molecule has 182 valence electrons. The Hall–Kier alpha value is -3.40. The van der Waals surface area contributed by atoms with Gasteiger partial charge in [0.25, 0.3) is 10.0 Å². The lowest BCUT2D eigenvalue weighted by atomic mass is 10.1. The van der Waals surface area contributed by atoms with E-state index in [2.05, 4.69) is 15.3 Å². The maximum Gasteiger partial charge on any atom is 0.268 e.